The van der Waals surface area contributed by atoms with Crippen LogP contribution < -0.4 is 9.80 Å². The first-order valence-corrected chi connectivity index (χ1v) is 15.4. The van der Waals surface area contributed by atoms with Crippen LogP contribution in [0.25, 0.3) is 11.1 Å². The van der Waals surface area contributed by atoms with Gasteiger partial charge in [0.1, 0.15) is 5.82 Å². The fraction of sp³-hybridized carbons (Fsp3) is 0.472. The van der Waals surface area contributed by atoms with E-state index < -0.39 is 17.7 Å². The average molecular weight is 604 g/mol. The van der Waals surface area contributed by atoms with Gasteiger partial charge in [-0.1, -0.05) is 38.1 Å². The van der Waals surface area contributed by atoms with Crippen LogP contribution in [0.5, 0.6) is 0 Å². The van der Waals surface area contributed by atoms with Gasteiger partial charge in [-0.3, -0.25) is 9.78 Å². The molecule has 1 aliphatic rings. The molecule has 1 atom stereocenters. The summed E-state index contributed by atoms with van der Waals surface area (Å²) in [4.78, 5) is 34.3. The summed E-state index contributed by atoms with van der Waals surface area (Å²) < 4.78 is 19.5. The maximum Gasteiger partial charge on any atom is 0.337 e. The third kappa shape index (κ3) is 7.83. The average Bonchev–Trinajstić information content (AvgIpc) is 2.93. The lowest BCUT2D eigenvalue weighted by atomic mass is 9.82. The Balaban J connectivity index is 1.79. The quantitative estimate of drug-likeness (QED) is 0.270. The first kappa shape index (κ1) is 33.1. The van der Waals surface area contributed by atoms with E-state index >= 15 is 0 Å². The van der Waals surface area contributed by atoms with E-state index in [4.69, 9.17) is 9.72 Å². The number of pyridine rings is 1. The zero-order valence-electron chi connectivity index (χ0n) is 27.3. The number of ether oxygens (including phenoxy) is 1. The molecule has 1 N–H and O–H groups in total. The topological polar surface area (TPSA) is 83.0 Å². The van der Waals surface area contributed by atoms with E-state index in [2.05, 4.69) is 18.7 Å². The summed E-state index contributed by atoms with van der Waals surface area (Å²) in [5, 5.41) is 10.4. The highest BCUT2D eigenvalue weighted by atomic mass is 19.1. The third-order valence-corrected chi connectivity index (χ3v) is 8.36. The first-order valence-electron chi connectivity index (χ1n) is 15.4. The van der Waals surface area contributed by atoms with Gasteiger partial charge in [-0.2, -0.15) is 0 Å². The van der Waals surface area contributed by atoms with Gasteiger partial charge in [0.15, 0.2) is 6.10 Å². The summed E-state index contributed by atoms with van der Waals surface area (Å²) in [6.07, 6.45) is 1.35. The number of carbonyl (C=O) groups is 2. The fourth-order valence-electron chi connectivity index (χ4n) is 5.92. The number of amides is 1. The number of benzene rings is 2. The lowest BCUT2D eigenvalue weighted by molar-refractivity contribution is -0.160. The number of halogens is 1. The Bertz CT molecular complexity index is 1480. The maximum atomic E-state index is 13.4. The van der Waals surface area contributed by atoms with Crippen LogP contribution in [0.3, 0.4) is 0 Å². The summed E-state index contributed by atoms with van der Waals surface area (Å²) in [6.45, 7) is 17.5. The second-order valence-corrected chi connectivity index (χ2v) is 13.6. The maximum absolute atomic E-state index is 13.4. The number of rotatable bonds is 9. The molecule has 0 radical (unpaired) electrons. The molecule has 1 amide bonds. The number of carboxylic acid groups (broad SMARTS) is 1. The number of carbonyl (C=O) groups excluding carboxylic acids is 1. The van der Waals surface area contributed by atoms with Gasteiger partial charge < -0.3 is 19.6 Å². The predicted molar refractivity (Wildman–Crippen MR) is 174 cm³/mol. The second-order valence-electron chi connectivity index (χ2n) is 13.6. The molecule has 1 aliphatic heterocycles. The zero-order valence-corrected chi connectivity index (χ0v) is 27.3. The van der Waals surface area contributed by atoms with Crippen LogP contribution in [0.15, 0.2) is 48.5 Å². The number of piperidine rings is 1. The summed E-state index contributed by atoms with van der Waals surface area (Å²) >= 11 is 0. The number of hydrogen-bond acceptors (Lipinski definition) is 5. The predicted octanol–water partition coefficient (Wildman–Crippen LogP) is 7.67. The van der Waals surface area contributed by atoms with Gasteiger partial charge in [-0.05, 0) is 94.7 Å². The highest BCUT2D eigenvalue weighted by Gasteiger charge is 2.36. The molecule has 1 aromatic heterocycles. The Morgan fingerprint density at radius 1 is 1.02 bits per heavy atom. The van der Waals surface area contributed by atoms with Crippen molar-refractivity contribution in [1.82, 2.24) is 4.98 Å². The van der Waals surface area contributed by atoms with E-state index in [0.717, 1.165) is 59.7 Å². The molecule has 236 valence electrons. The van der Waals surface area contributed by atoms with Crippen molar-refractivity contribution in [1.29, 1.82) is 0 Å². The summed E-state index contributed by atoms with van der Waals surface area (Å²) in [6, 6.07) is 14.1. The highest BCUT2D eigenvalue weighted by molar-refractivity contribution is 5.93. The molecule has 8 heteroatoms. The molecular formula is C36H46FN3O4. The van der Waals surface area contributed by atoms with Crippen LogP contribution in [0, 0.1) is 25.1 Å². The molecule has 0 aliphatic carbocycles. The van der Waals surface area contributed by atoms with E-state index in [1.165, 1.54) is 19.1 Å². The minimum atomic E-state index is -1.19. The van der Waals surface area contributed by atoms with Gasteiger partial charge in [0.25, 0.3) is 0 Å². The molecular weight excluding hydrogens is 557 g/mol. The van der Waals surface area contributed by atoms with Crippen LogP contribution >= 0.6 is 0 Å². The number of aliphatic carboxylic acids is 1. The number of hydrogen-bond donors (Lipinski definition) is 1. The molecule has 1 saturated heterocycles. The minimum Gasteiger partial charge on any atom is -0.479 e. The van der Waals surface area contributed by atoms with Gasteiger partial charge in [-0.15, -0.1) is 0 Å². The lowest BCUT2D eigenvalue weighted by Crippen LogP contribution is -2.39. The molecule has 3 aromatic rings. The van der Waals surface area contributed by atoms with Crippen molar-refractivity contribution in [3.8, 4) is 11.1 Å². The number of carboxylic acids is 1. The third-order valence-electron chi connectivity index (χ3n) is 8.36. The Morgan fingerprint density at radius 2 is 1.61 bits per heavy atom. The molecule has 1 fully saturated rings. The number of anilines is 2. The van der Waals surface area contributed by atoms with Crippen LogP contribution in [0.1, 0.15) is 83.0 Å². The van der Waals surface area contributed by atoms with Gasteiger partial charge in [0, 0.05) is 54.8 Å². The number of nitrogens with zero attached hydrogens (tertiary/aromatic N) is 3. The van der Waals surface area contributed by atoms with Crippen LogP contribution in [0.4, 0.5) is 15.8 Å². The van der Waals surface area contributed by atoms with E-state index in [1.54, 1.807) is 17.0 Å². The smallest absolute Gasteiger partial charge is 0.337 e. The summed E-state index contributed by atoms with van der Waals surface area (Å²) in [7, 11) is 0. The van der Waals surface area contributed by atoms with Crippen LogP contribution in [-0.4, -0.2) is 47.2 Å². The minimum absolute atomic E-state index is 0.0874. The Kier molecular flexibility index (Phi) is 9.83. The van der Waals surface area contributed by atoms with Gasteiger partial charge in [-0.25, -0.2) is 9.18 Å². The van der Waals surface area contributed by atoms with E-state index in [9.17, 15) is 19.1 Å². The lowest BCUT2D eigenvalue weighted by Gasteiger charge is -2.41. The molecule has 2 heterocycles. The monoisotopic (exact) mass is 603 g/mol. The van der Waals surface area contributed by atoms with Gasteiger partial charge >= 0.3 is 5.97 Å². The second kappa shape index (κ2) is 13.1. The Morgan fingerprint density at radius 3 is 2.14 bits per heavy atom. The van der Waals surface area contributed by atoms with Crippen LogP contribution in [-0.2, 0) is 20.7 Å². The number of aryl methyl sites for hydroxylation is 2. The normalized spacial score (nSPS) is 15.6. The molecule has 0 saturated carbocycles. The van der Waals surface area contributed by atoms with Crippen molar-refractivity contribution >= 4 is 23.3 Å². The van der Waals surface area contributed by atoms with Crippen molar-refractivity contribution in [2.75, 3.05) is 29.4 Å². The van der Waals surface area contributed by atoms with Crippen molar-refractivity contribution in [2.24, 2.45) is 5.41 Å². The van der Waals surface area contributed by atoms with E-state index in [0.29, 0.717) is 24.2 Å². The molecule has 2 aromatic carbocycles. The van der Waals surface area contributed by atoms with E-state index in [-0.39, 0.29) is 17.1 Å². The van der Waals surface area contributed by atoms with Gasteiger partial charge in [0.2, 0.25) is 5.91 Å². The summed E-state index contributed by atoms with van der Waals surface area (Å²) in [5.41, 5.74) is 5.87. The largest absolute Gasteiger partial charge is 0.479 e. The first-order chi connectivity index (χ1) is 20.6. The fourth-order valence-corrected chi connectivity index (χ4v) is 5.92. The molecule has 0 unspecified atom stereocenters. The Labute approximate surface area is 261 Å². The highest BCUT2D eigenvalue weighted by Crippen LogP contribution is 2.45. The van der Waals surface area contributed by atoms with Crippen molar-refractivity contribution in [3.05, 3.63) is 76.9 Å². The van der Waals surface area contributed by atoms with Crippen LogP contribution in [0.2, 0.25) is 0 Å². The van der Waals surface area contributed by atoms with Crippen molar-refractivity contribution in [3.63, 3.8) is 0 Å². The summed E-state index contributed by atoms with van der Waals surface area (Å²) in [5.74, 6) is -1.42. The molecule has 44 heavy (non-hydrogen) atoms. The van der Waals surface area contributed by atoms with Crippen molar-refractivity contribution < 1.29 is 23.8 Å². The molecule has 0 spiro atoms. The number of aromatic nitrogens is 1. The molecule has 7 nitrogen and oxygen atoms in total. The Hall–Kier alpha value is -3.78. The zero-order chi connectivity index (χ0) is 32.4. The van der Waals surface area contributed by atoms with E-state index in [1.807, 2.05) is 58.9 Å². The molecule has 4 rings (SSSR count). The van der Waals surface area contributed by atoms with Gasteiger partial charge in [0.05, 0.1) is 11.3 Å². The standard InChI is InChI=1S/C36H46FN3O4/c1-23-30(27-11-15-29(16-12-27)40(25(3)41)20-17-26-9-13-28(37)14-10-26)32(39-21-18-36(7,8)19-22-39)31(24(2)38-23)33(34(42)43)44-35(4,5)6/h9-16,33H,17-22H2,1-8H3,(H,42,43)/t33-/m0/s1. The van der Waals surface area contributed by atoms with Crippen molar-refractivity contribution in [2.45, 2.75) is 86.4 Å². The molecule has 0 bridgehead atoms. The SMILES string of the molecule is CC(=O)N(CCc1ccc(F)cc1)c1ccc(-c2c(C)nc(C)c([C@H](OC(C)(C)C)C(=O)O)c2N2CCC(C)(C)CC2)cc1.